The highest BCUT2D eigenvalue weighted by Gasteiger charge is 2.35. The monoisotopic (exact) mass is 402 g/mol. The Morgan fingerprint density at radius 1 is 1.24 bits per heavy atom. The summed E-state index contributed by atoms with van der Waals surface area (Å²) in [7, 11) is 3.11. The first kappa shape index (κ1) is 20.9. The highest BCUT2D eigenvalue weighted by molar-refractivity contribution is 5.99. The number of ketones is 1. The molecule has 0 fully saturated rings. The van der Waals surface area contributed by atoms with Gasteiger partial charge >= 0.3 is 5.97 Å². The van der Waals surface area contributed by atoms with E-state index in [-0.39, 0.29) is 30.9 Å². The van der Waals surface area contributed by atoms with Crippen molar-refractivity contribution in [1.29, 1.82) is 0 Å². The molecule has 1 atom stereocenters. The Morgan fingerprint density at radius 3 is 2.79 bits per heavy atom. The number of ether oxygens (including phenoxy) is 5. The summed E-state index contributed by atoms with van der Waals surface area (Å²) in [6.45, 7) is 2.12. The number of methoxy groups -OCH3 is 2. The number of hydrogen-bond donors (Lipinski definition) is 0. The summed E-state index contributed by atoms with van der Waals surface area (Å²) in [5, 5.41) is 0. The molecular formula is C22H26O7. The van der Waals surface area contributed by atoms with Crippen LogP contribution in [0.5, 0.6) is 11.5 Å². The average molecular weight is 402 g/mol. The van der Waals surface area contributed by atoms with Crippen molar-refractivity contribution in [1.82, 2.24) is 0 Å². The largest absolute Gasteiger partial charge is 0.497 e. The van der Waals surface area contributed by atoms with Crippen molar-refractivity contribution in [3.63, 3.8) is 0 Å². The SMILES string of the molecule is CCOC(=O)CC1=C[C@H](c2ccc(OC)cc2OCOC)C2=C(CCCC2=O)O1. The number of allylic oxidation sites excluding steroid dienone is 3. The van der Waals surface area contributed by atoms with Gasteiger partial charge in [0.15, 0.2) is 12.6 Å². The van der Waals surface area contributed by atoms with Crippen molar-refractivity contribution in [3.05, 3.63) is 46.9 Å². The Kier molecular flexibility index (Phi) is 6.93. The molecule has 0 unspecified atom stereocenters. The second-order valence-electron chi connectivity index (χ2n) is 6.76. The van der Waals surface area contributed by atoms with Gasteiger partial charge in [0.1, 0.15) is 29.4 Å². The molecule has 156 valence electrons. The van der Waals surface area contributed by atoms with Gasteiger partial charge in [0, 0.05) is 43.1 Å². The van der Waals surface area contributed by atoms with Crippen molar-refractivity contribution < 1.29 is 33.3 Å². The summed E-state index contributed by atoms with van der Waals surface area (Å²) in [6, 6.07) is 5.44. The van der Waals surface area contributed by atoms with Crippen LogP contribution in [0.2, 0.25) is 0 Å². The van der Waals surface area contributed by atoms with Gasteiger partial charge in [-0.3, -0.25) is 9.59 Å². The Balaban J connectivity index is 2.03. The summed E-state index contributed by atoms with van der Waals surface area (Å²) >= 11 is 0. The Bertz CT molecular complexity index is 838. The van der Waals surface area contributed by atoms with Gasteiger partial charge in [0.2, 0.25) is 0 Å². The summed E-state index contributed by atoms with van der Waals surface area (Å²) < 4.78 is 27.1. The number of esters is 1. The number of Topliss-reactive ketones (excluding diaryl/α,β-unsaturated/α-hetero) is 1. The van der Waals surface area contributed by atoms with Gasteiger partial charge in [-0.1, -0.05) is 6.07 Å². The normalized spacial score (nSPS) is 18.5. The Morgan fingerprint density at radius 2 is 2.07 bits per heavy atom. The molecule has 3 rings (SSSR count). The molecule has 1 heterocycles. The second kappa shape index (κ2) is 9.60. The van der Waals surface area contributed by atoms with E-state index in [4.69, 9.17) is 23.7 Å². The van der Waals surface area contributed by atoms with Gasteiger partial charge in [-0.05, 0) is 25.5 Å². The molecule has 0 N–H and O–H groups in total. The molecule has 0 amide bonds. The number of carbonyl (C=O) groups excluding carboxylic acids is 2. The van der Waals surface area contributed by atoms with Crippen molar-refractivity contribution in [2.75, 3.05) is 27.6 Å². The molecule has 0 radical (unpaired) electrons. The minimum atomic E-state index is -0.381. The third-order valence-electron chi connectivity index (χ3n) is 4.84. The predicted octanol–water partition coefficient (Wildman–Crippen LogP) is 3.64. The Hall–Kier alpha value is -2.80. The number of hydrogen-bond acceptors (Lipinski definition) is 7. The van der Waals surface area contributed by atoms with Crippen LogP contribution in [-0.2, 0) is 23.8 Å². The molecule has 1 aromatic rings. The van der Waals surface area contributed by atoms with Crippen LogP contribution in [0.1, 0.15) is 44.1 Å². The summed E-state index contributed by atoms with van der Waals surface area (Å²) in [4.78, 5) is 24.7. The van der Waals surface area contributed by atoms with Gasteiger partial charge < -0.3 is 23.7 Å². The van der Waals surface area contributed by atoms with E-state index in [9.17, 15) is 9.59 Å². The molecule has 0 bridgehead atoms. The van der Waals surface area contributed by atoms with Crippen LogP contribution in [0.15, 0.2) is 41.4 Å². The van der Waals surface area contributed by atoms with Crippen molar-refractivity contribution in [2.24, 2.45) is 0 Å². The van der Waals surface area contributed by atoms with Crippen LogP contribution in [0.3, 0.4) is 0 Å². The number of carbonyl (C=O) groups is 2. The fourth-order valence-corrected chi connectivity index (χ4v) is 3.59. The lowest BCUT2D eigenvalue weighted by Crippen LogP contribution is -2.23. The third-order valence-corrected chi connectivity index (χ3v) is 4.84. The van der Waals surface area contributed by atoms with Crippen LogP contribution >= 0.6 is 0 Å². The lowest BCUT2D eigenvalue weighted by atomic mass is 9.80. The lowest BCUT2D eigenvalue weighted by Gasteiger charge is -2.31. The zero-order valence-corrected chi connectivity index (χ0v) is 17.0. The Labute approximate surface area is 170 Å². The van der Waals surface area contributed by atoms with Crippen molar-refractivity contribution in [2.45, 2.75) is 38.5 Å². The first-order valence-electron chi connectivity index (χ1n) is 9.67. The summed E-state index contributed by atoms with van der Waals surface area (Å²) in [6.07, 6.45) is 3.68. The van der Waals surface area contributed by atoms with E-state index in [1.807, 2.05) is 12.1 Å². The zero-order valence-electron chi connectivity index (χ0n) is 17.0. The summed E-state index contributed by atoms with van der Waals surface area (Å²) in [5.74, 6) is 1.60. The first-order chi connectivity index (χ1) is 14.1. The molecule has 0 aromatic heterocycles. The quantitative estimate of drug-likeness (QED) is 0.485. The van der Waals surface area contributed by atoms with E-state index in [0.717, 1.165) is 12.0 Å². The lowest BCUT2D eigenvalue weighted by molar-refractivity contribution is -0.142. The van der Waals surface area contributed by atoms with E-state index in [0.29, 0.717) is 48.0 Å². The zero-order chi connectivity index (χ0) is 20.8. The molecule has 0 saturated heterocycles. The maximum absolute atomic E-state index is 12.7. The minimum absolute atomic E-state index is 0.0136. The highest BCUT2D eigenvalue weighted by Crippen LogP contribution is 2.44. The van der Waals surface area contributed by atoms with Crippen LogP contribution in [0, 0.1) is 0 Å². The van der Waals surface area contributed by atoms with E-state index in [1.54, 1.807) is 26.2 Å². The molecule has 29 heavy (non-hydrogen) atoms. The predicted molar refractivity (Wildman–Crippen MR) is 105 cm³/mol. The molecule has 0 spiro atoms. The van der Waals surface area contributed by atoms with E-state index < -0.39 is 0 Å². The average Bonchev–Trinajstić information content (AvgIpc) is 2.71. The van der Waals surface area contributed by atoms with Crippen molar-refractivity contribution >= 4 is 11.8 Å². The number of rotatable bonds is 8. The number of benzene rings is 1. The minimum Gasteiger partial charge on any atom is -0.497 e. The molecule has 7 nitrogen and oxygen atoms in total. The van der Waals surface area contributed by atoms with Gasteiger partial charge in [0.25, 0.3) is 0 Å². The molecule has 2 aliphatic rings. The van der Waals surface area contributed by atoms with Crippen LogP contribution < -0.4 is 9.47 Å². The molecule has 7 heteroatoms. The first-order valence-corrected chi connectivity index (χ1v) is 9.67. The van der Waals surface area contributed by atoms with Gasteiger partial charge in [-0.15, -0.1) is 0 Å². The molecular weight excluding hydrogens is 376 g/mol. The molecule has 1 aliphatic carbocycles. The van der Waals surface area contributed by atoms with Crippen LogP contribution in [-0.4, -0.2) is 39.4 Å². The highest BCUT2D eigenvalue weighted by atomic mass is 16.7. The molecule has 1 aromatic carbocycles. The van der Waals surface area contributed by atoms with Gasteiger partial charge in [-0.2, -0.15) is 0 Å². The topological polar surface area (TPSA) is 80.3 Å². The van der Waals surface area contributed by atoms with Gasteiger partial charge in [0.05, 0.1) is 13.7 Å². The van der Waals surface area contributed by atoms with Gasteiger partial charge in [-0.25, -0.2) is 0 Å². The molecule has 1 aliphatic heterocycles. The second-order valence-corrected chi connectivity index (χ2v) is 6.76. The van der Waals surface area contributed by atoms with E-state index in [2.05, 4.69) is 0 Å². The third kappa shape index (κ3) is 4.79. The fraction of sp³-hybridized carbons (Fsp3) is 0.455. The molecule has 0 saturated carbocycles. The standard InChI is InChI=1S/C22H26O7/c1-4-27-21(24)12-15-10-17(22-18(23)6-5-7-19(22)29-15)16-9-8-14(26-3)11-20(16)28-13-25-2/h8-11,17H,4-7,12-13H2,1-3H3/t17-/m1/s1. The smallest absolute Gasteiger partial charge is 0.313 e. The maximum atomic E-state index is 12.7. The van der Waals surface area contributed by atoms with Crippen molar-refractivity contribution in [3.8, 4) is 11.5 Å². The van der Waals surface area contributed by atoms with Crippen LogP contribution in [0.4, 0.5) is 0 Å². The maximum Gasteiger partial charge on any atom is 0.313 e. The van der Waals surface area contributed by atoms with E-state index >= 15 is 0 Å². The fourth-order valence-electron chi connectivity index (χ4n) is 3.59. The van der Waals surface area contributed by atoms with E-state index in [1.165, 1.54) is 7.11 Å². The summed E-state index contributed by atoms with van der Waals surface area (Å²) in [5.41, 5.74) is 1.41. The van der Waals surface area contributed by atoms with Crippen LogP contribution in [0.25, 0.3) is 0 Å².